The molecule has 0 aliphatic heterocycles. The monoisotopic (exact) mass is 446 g/mol. The predicted molar refractivity (Wildman–Crippen MR) is 143 cm³/mol. The molecule has 1 heteroatoms. The Kier molecular flexibility index (Phi) is 16.2. The lowest BCUT2D eigenvalue weighted by Crippen LogP contribution is -2.16. The van der Waals surface area contributed by atoms with Crippen molar-refractivity contribution >= 4 is 17.7 Å². The minimum atomic E-state index is -0.253. The molecule has 0 saturated heterocycles. The highest BCUT2D eigenvalue weighted by molar-refractivity contribution is 6.23. The summed E-state index contributed by atoms with van der Waals surface area (Å²) in [6, 6.07) is 6.79. The minimum absolute atomic E-state index is 0.253. The van der Waals surface area contributed by atoms with Gasteiger partial charge in [-0.1, -0.05) is 141 Å². The van der Waals surface area contributed by atoms with Gasteiger partial charge < -0.3 is 0 Å². The van der Waals surface area contributed by atoms with Crippen LogP contribution in [-0.2, 0) is 11.3 Å². The minimum Gasteiger partial charge on any atom is -0.114 e. The molecule has 1 aromatic rings. The van der Waals surface area contributed by atoms with Crippen LogP contribution in [0, 0.1) is 0 Å². The normalized spacial score (nSPS) is 13.3. The van der Waals surface area contributed by atoms with Gasteiger partial charge in [-0.05, 0) is 42.9 Å². The van der Waals surface area contributed by atoms with Gasteiger partial charge in [0, 0.05) is 0 Å². The van der Waals surface area contributed by atoms with Crippen LogP contribution in [0.4, 0.5) is 0 Å². The van der Waals surface area contributed by atoms with Crippen molar-refractivity contribution in [1.29, 1.82) is 0 Å². The summed E-state index contributed by atoms with van der Waals surface area (Å²) >= 11 is 7.13. The van der Waals surface area contributed by atoms with Gasteiger partial charge in [0.25, 0.3) is 0 Å². The van der Waals surface area contributed by atoms with Crippen molar-refractivity contribution in [2.24, 2.45) is 0 Å². The third-order valence-corrected chi connectivity index (χ3v) is 7.12. The van der Waals surface area contributed by atoms with Crippen LogP contribution in [0.3, 0.4) is 0 Å². The van der Waals surface area contributed by atoms with Gasteiger partial charge in [-0.25, -0.2) is 0 Å². The molecule has 0 amide bonds. The average Bonchev–Trinajstić information content (AvgIpc) is 2.77. The molecule has 31 heavy (non-hydrogen) atoms. The van der Waals surface area contributed by atoms with E-state index < -0.39 is 0 Å². The Morgan fingerprint density at radius 3 is 1.74 bits per heavy atom. The van der Waals surface area contributed by atoms with Crippen LogP contribution < -0.4 is 0 Å². The predicted octanol–water partition coefficient (Wildman–Crippen LogP) is 11.0. The van der Waals surface area contributed by atoms with Crippen LogP contribution >= 0.6 is 11.6 Å². The molecule has 0 aliphatic carbocycles. The molecule has 0 saturated carbocycles. The quantitative estimate of drug-likeness (QED) is 0.138. The maximum absolute atomic E-state index is 7.13. The highest BCUT2D eigenvalue weighted by Gasteiger charge is 2.25. The topological polar surface area (TPSA) is 0 Å². The SMILES string of the molecule is C=Cc1ccc(C(C)(Cl)CCCCCCCCCC)c(CCCCCCCCCC)c1. The molecule has 1 rings (SSSR count). The molecule has 0 fully saturated rings. The Hall–Kier alpha value is -0.750. The summed E-state index contributed by atoms with van der Waals surface area (Å²) in [5, 5.41) is 0. The first-order chi connectivity index (χ1) is 15.0. The number of rotatable bonds is 20. The Morgan fingerprint density at radius 2 is 1.23 bits per heavy atom. The molecule has 0 spiro atoms. The lowest BCUT2D eigenvalue weighted by Gasteiger charge is -2.26. The molecule has 0 nitrogen and oxygen atoms in total. The fourth-order valence-corrected chi connectivity index (χ4v) is 4.95. The maximum Gasteiger partial charge on any atom is 0.0669 e. The van der Waals surface area contributed by atoms with Gasteiger partial charge in [-0.15, -0.1) is 11.6 Å². The summed E-state index contributed by atoms with van der Waals surface area (Å²) in [4.78, 5) is -0.253. The van der Waals surface area contributed by atoms with Crippen molar-refractivity contribution < 1.29 is 0 Å². The van der Waals surface area contributed by atoms with E-state index in [4.69, 9.17) is 11.6 Å². The number of hydrogen-bond donors (Lipinski definition) is 0. The summed E-state index contributed by atoms with van der Waals surface area (Å²) in [5.41, 5.74) is 4.02. The second-order valence-corrected chi connectivity index (χ2v) is 10.6. The Balaban J connectivity index is 2.48. The van der Waals surface area contributed by atoms with E-state index in [0.29, 0.717) is 0 Å². The van der Waals surface area contributed by atoms with Gasteiger partial charge in [-0.3, -0.25) is 0 Å². The summed E-state index contributed by atoms with van der Waals surface area (Å²) in [7, 11) is 0. The van der Waals surface area contributed by atoms with E-state index in [9.17, 15) is 0 Å². The van der Waals surface area contributed by atoms with Crippen molar-refractivity contribution in [3.05, 3.63) is 41.5 Å². The first kappa shape index (κ1) is 28.3. The largest absolute Gasteiger partial charge is 0.114 e. The smallest absolute Gasteiger partial charge is 0.0669 e. The van der Waals surface area contributed by atoms with Crippen LogP contribution in [0.1, 0.15) is 147 Å². The van der Waals surface area contributed by atoms with E-state index in [2.05, 4.69) is 45.5 Å². The van der Waals surface area contributed by atoms with Crippen LogP contribution in [0.5, 0.6) is 0 Å². The highest BCUT2D eigenvalue weighted by Crippen LogP contribution is 2.37. The summed E-state index contributed by atoms with van der Waals surface area (Å²) in [6.45, 7) is 10.8. The maximum atomic E-state index is 7.13. The van der Waals surface area contributed by atoms with Crippen LogP contribution in [0.2, 0.25) is 0 Å². The first-order valence-corrected chi connectivity index (χ1v) is 13.9. The number of hydrogen-bond acceptors (Lipinski definition) is 0. The van der Waals surface area contributed by atoms with Crippen molar-refractivity contribution in [3.63, 3.8) is 0 Å². The molecule has 0 N–H and O–H groups in total. The molecular weight excluding hydrogens is 396 g/mol. The van der Waals surface area contributed by atoms with Gasteiger partial charge >= 0.3 is 0 Å². The molecular formula is C30H51Cl. The van der Waals surface area contributed by atoms with Crippen molar-refractivity contribution in [3.8, 4) is 0 Å². The molecule has 0 heterocycles. The molecule has 1 atom stereocenters. The summed E-state index contributed by atoms with van der Waals surface area (Å²) in [5.74, 6) is 0. The average molecular weight is 447 g/mol. The van der Waals surface area contributed by atoms with E-state index in [1.165, 1.54) is 119 Å². The van der Waals surface area contributed by atoms with Gasteiger partial charge in [0.2, 0.25) is 0 Å². The highest BCUT2D eigenvalue weighted by atomic mass is 35.5. The van der Waals surface area contributed by atoms with Gasteiger partial charge in [0.15, 0.2) is 0 Å². The second-order valence-electron chi connectivity index (χ2n) is 9.77. The molecule has 178 valence electrons. The van der Waals surface area contributed by atoms with Crippen molar-refractivity contribution in [1.82, 2.24) is 0 Å². The lowest BCUT2D eigenvalue weighted by atomic mass is 9.87. The Bertz CT molecular complexity index is 572. The Labute approximate surface area is 200 Å². The van der Waals surface area contributed by atoms with Crippen molar-refractivity contribution in [2.75, 3.05) is 0 Å². The van der Waals surface area contributed by atoms with Crippen LogP contribution in [0.25, 0.3) is 6.08 Å². The number of unbranched alkanes of at least 4 members (excludes halogenated alkanes) is 14. The zero-order valence-corrected chi connectivity index (χ0v) is 21.9. The number of benzene rings is 1. The lowest BCUT2D eigenvalue weighted by molar-refractivity contribution is 0.515. The van der Waals surface area contributed by atoms with Crippen LogP contribution in [-0.4, -0.2) is 0 Å². The van der Waals surface area contributed by atoms with E-state index in [0.717, 1.165) is 12.8 Å². The van der Waals surface area contributed by atoms with Gasteiger partial charge in [0.05, 0.1) is 4.87 Å². The van der Waals surface area contributed by atoms with Gasteiger partial charge in [0.1, 0.15) is 0 Å². The summed E-state index contributed by atoms with van der Waals surface area (Å²) < 4.78 is 0. The van der Waals surface area contributed by atoms with E-state index >= 15 is 0 Å². The van der Waals surface area contributed by atoms with Gasteiger partial charge in [-0.2, -0.15) is 0 Å². The van der Waals surface area contributed by atoms with E-state index in [-0.39, 0.29) is 4.87 Å². The molecule has 0 radical (unpaired) electrons. The molecule has 0 aromatic heterocycles. The first-order valence-electron chi connectivity index (χ1n) is 13.5. The van der Waals surface area contributed by atoms with Crippen LogP contribution in [0.15, 0.2) is 24.8 Å². The third-order valence-electron chi connectivity index (χ3n) is 6.73. The summed E-state index contributed by atoms with van der Waals surface area (Å²) in [6.07, 6.45) is 25.9. The molecule has 0 bridgehead atoms. The molecule has 0 aliphatic rings. The standard InChI is InChI=1S/C30H51Cl/c1-5-8-10-12-14-16-18-20-22-28-26-27(7-3)23-24-29(28)30(4,31)25-21-19-17-15-13-11-9-6-2/h7,23-24,26H,3,5-6,8-22,25H2,1-2,4H3. The fraction of sp³-hybridized carbons (Fsp3) is 0.733. The third kappa shape index (κ3) is 12.8. The molecule has 1 aromatic carbocycles. The second kappa shape index (κ2) is 17.8. The fourth-order valence-electron chi connectivity index (χ4n) is 4.63. The zero-order chi connectivity index (χ0) is 22.8. The van der Waals surface area contributed by atoms with Crippen molar-refractivity contribution in [2.45, 2.75) is 141 Å². The van der Waals surface area contributed by atoms with E-state index in [1.807, 2.05) is 6.08 Å². The zero-order valence-electron chi connectivity index (χ0n) is 21.1. The molecule has 1 unspecified atom stereocenters. The Morgan fingerprint density at radius 1 is 0.742 bits per heavy atom. The number of aryl methyl sites for hydroxylation is 1. The van der Waals surface area contributed by atoms with E-state index in [1.54, 1.807) is 0 Å². The number of halogens is 1. The number of alkyl halides is 1.